The summed E-state index contributed by atoms with van der Waals surface area (Å²) in [4.78, 5) is 4.41. The Kier molecular flexibility index (Phi) is 4.34. The van der Waals surface area contributed by atoms with Gasteiger partial charge >= 0.3 is 0 Å². The van der Waals surface area contributed by atoms with Crippen LogP contribution in [0.3, 0.4) is 0 Å². The summed E-state index contributed by atoms with van der Waals surface area (Å²) in [5.41, 5.74) is 2.25. The van der Waals surface area contributed by atoms with Crippen molar-refractivity contribution in [3.8, 4) is 11.4 Å². The molecule has 4 nitrogen and oxygen atoms in total. The first-order valence-electron chi connectivity index (χ1n) is 7.86. The molecule has 1 heterocycles. The Balaban J connectivity index is 1.67. The van der Waals surface area contributed by atoms with Gasteiger partial charge in [0.2, 0.25) is 11.7 Å². The van der Waals surface area contributed by atoms with Crippen LogP contribution in [0.1, 0.15) is 44.1 Å². The van der Waals surface area contributed by atoms with Crippen LogP contribution in [-0.2, 0) is 12.8 Å². The number of benzene rings is 1. The van der Waals surface area contributed by atoms with E-state index in [2.05, 4.69) is 29.2 Å². The second kappa shape index (κ2) is 6.39. The van der Waals surface area contributed by atoms with Gasteiger partial charge in [-0.25, -0.2) is 0 Å². The van der Waals surface area contributed by atoms with Crippen molar-refractivity contribution in [3.05, 3.63) is 35.7 Å². The van der Waals surface area contributed by atoms with Crippen molar-refractivity contribution in [1.82, 2.24) is 10.1 Å². The van der Waals surface area contributed by atoms with Gasteiger partial charge in [0.05, 0.1) is 12.5 Å². The Morgan fingerprint density at radius 2 is 1.95 bits per heavy atom. The smallest absolute Gasteiger partial charge is 0.229 e. The molecule has 0 radical (unpaired) electrons. The van der Waals surface area contributed by atoms with Crippen molar-refractivity contribution in [2.45, 2.75) is 51.6 Å². The molecule has 2 aromatic rings. The number of aliphatic hydroxyl groups excluding tert-OH is 1. The van der Waals surface area contributed by atoms with Gasteiger partial charge in [0.1, 0.15) is 0 Å². The van der Waals surface area contributed by atoms with Crippen LogP contribution in [-0.4, -0.2) is 21.4 Å². The van der Waals surface area contributed by atoms with E-state index < -0.39 is 0 Å². The van der Waals surface area contributed by atoms with Crippen LogP contribution in [0.25, 0.3) is 11.4 Å². The van der Waals surface area contributed by atoms with Crippen molar-refractivity contribution in [2.24, 2.45) is 5.92 Å². The molecule has 3 rings (SSSR count). The summed E-state index contributed by atoms with van der Waals surface area (Å²) < 4.78 is 5.28. The van der Waals surface area contributed by atoms with Gasteiger partial charge in [-0.05, 0) is 30.7 Å². The molecule has 0 spiro atoms. The lowest BCUT2D eigenvalue weighted by molar-refractivity contribution is 0.102. The molecule has 0 amide bonds. The zero-order valence-electron chi connectivity index (χ0n) is 12.5. The van der Waals surface area contributed by atoms with Gasteiger partial charge in [-0.15, -0.1) is 0 Å². The van der Waals surface area contributed by atoms with Gasteiger partial charge < -0.3 is 9.63 Å². The van der Waals surface area contributed by atoms with E-state index >= 15 is 0 Å². The van der Waals surface area contributed by atoms with Crippen molar-refractivity contribution in [1.29, 1.82) is 0 Å². The van der Waals surface area contributed by atoms with Crippen molar-refractivity contribution >= 4 is 0 Å². The van der Waals surface area contributed by atoms with E-state index in [0.717, 1.165) is 24.8 Å². The average Bonchev–Trinajstić information content (AvgIpc) is 3.19. The third-order valence-corrected chi connectivity index (χ3v) is 4.42. The molecule has 1 saturated carbocycles. The molecule has 1 aliphatic carbocycles. The maximum atomic E-state index is 10.2. The highest BCUT2D eigenvalue weighted by molar-refractivity contribution is 5.54. The molecular weight excluding hydrogens is 264 g/mol. The number of aliphatic hydroxyl groups is 1. The highest BCUT2D eigenvalue weighted by Gasteiger charge is 2.25. The lowest BCUT2D eigenvalue weighted by Gasteiger charge is -2.14. The van der Waals surface area contributed by atoms with E-state index in [1.807, 2.05) is 12.1 Å². The molecule has 0 bridgehead atoms. The predicted octanol–water partition coefficient (Wildman–Crippen LogP) is 3.39. The van der Waals surface area contributed by atoms with Crippen LogP contribution in [0.5, 0.6) is 0 Å². The van der Waals surface area contributed by atoms with E-state index in [0.29, 0.717) is 24.1 Å². The summed E-state index contributed by atoms with van der Waals surface area (Å²) in [6, 6.07) is 8.19. The zero-order valence-corrected chi connectivity index (χ0v) is 12.5. The SMILES string of the molecule is CCc1ccc(-c2noc(CC(O)C3CCCC3)n2)cc1. The minimum atomic E-state index is -0.358. The molecule has 1 aromatic heterocycles. The summed E-state index contributed by atoms with van der Waals surface area (Å²) in [6.07, 6.45) is 5.79. The summed E-state index contributed by atoms with van der Waals surface area (Å²) in [6.45, 7) is 2.13. The molecule has 1 unspecified atom stereocenters. The first-order chi connectivity index (χ1) is 10.3. The van der Waals surface area contributed by atoms with Crippen LogP contribution >= 0.6 is 0 Å². The third kappa shape index (κ3) is 3.32. The highest BCUT2D eigenvalue weighted by atomic mass is 16.5. The zero-order chi connectivity index (χ0) is 14.7. The van der Waals surface area contributed by atoms with Gasteiger partial charge in [-0.1, -0.05) is 49.2 Å². The van der Waals surface area contributed by atoms with Gasteiger partial charge in [-0.3, -0.25) is 0 Å². The minimum absolute atomic E-state index is 0.358. The number of aryl methyl sites for hydroxylation is 1. The number of rotatable bonds is 5. The topological polar surface area (TPSA) is 59.2 Å². The lowest BCUT2D eigenvalue weighted by atomic mass is 9.98. The Bertz CT molecular complexity index is 571. The molecule has 1 atom stereocenters. The fourth-order valence-corrected chi connectivity index (χ4v) is 3.03. The molecule has 112 valence electrons. The fraction of sp³-hybridized carbons (Fsp3) is 0.529. The average molecular weight is 286 g/mol. The first kappa shape index (κ1) is 14.3. The molecule has 1 fully saturated rings. The lowest BCUT2D eigenvalue weighted by Crippen LogP contribution is -2.20. The molecule has 4 heteroatoms. The number of hydrogen-bond acceptors (Lipinski definition) is 4. The number of hydrogen-bond donors (Lipinski definition) is 1. The standard InChI is InChI=1S/C17H22N2O2/c1-2-12-7-9-14(10-8-12)17-18-16(21-19-17)11-15(20)13-5-3-4-6-13/h7-10,13,15,20H,2-6,11H2,1H3. The summed E-state index contributed by atoms with van der Waals surface area (Å²) >= 11 is 0. The van der Waals surface area contributed by atoms with Gasteiger partial charge in [0.15, 0.2) is 0 Å². The van der Waals surface area contributed by atoms with Crippen LogP contribution in [0.15, 0.2) is 28.8 Å². The Morgan fingerprint density at radius 3 is 2.62 bits per heavy atom. The quantitative estimate of drug-likeness (QED) is 0.915. The first-order valence-corrected chi connectivity index (χ1v) is 7.86. The molecule has 1 aliphatic rings. The monoisotopic (exact) mass is 286 g/mol. The van der Waals surface area contributed by atoms with Crippen molar-refractivity contribution in [2.75, 3.05) is 0 Å². The Morgan fingerprint density at radius 1 is 1.24 bits per heavy atom. The Hall–Kier alpha value is -1.68. The minimum Gasteiger partial charge on any atom is -0.392 e. The van der Waals surface area contributed by atoms with Crippen molar-refractivity contribution < 1.29 is 9.63 Å². The maximum Gasteiger partial charge on any atom is 0.229 e. The predicted molar refractivity (Wildman–Crippen MR) is 80.8 cm³/mol. The van der Waals surface area contributed by atoms with E-state index in [1.165, 1.54) is 18.4 Å². The highest BCUT2D eigenvalue weighted by Crippen LogP contribution is 2.29. The molecule has 1 N–H and O–H groups in total. The normalized spacial score (nSPS) is 17.2. The molecule has 1 aromatic carbocycles. The molecule has 0 saturated heterocycles. The van der Waals surface area contributed by atoms with Gasteiger partial charge in [0, 0.05) is 5.56 Å². The Labute approximate surface area is 125 Å². The van der Waals surface area contributed by atoms with E-state index in [1.54, 1.807) is 0 Å². The third-order valence-electron chi connectivity index (χ3n) is 4.42. The number of aromatic nitrogens is 2. The largest absolute Gasteiger partial charge is 0.392 e. The van der Waals surface area contributed by atoms with Gasteiger partial charge in [0.25, 0.3) is 0 Å². The van der Waals surface area contributed by atoms with Crippen molar-refractivity contribution in [3.63, 3.8) is 0 Å². The second-order valence-electron chi connectivity index (χ2n) is 5.88. The summed E-state index contributed by atoms with van der Waals surface area (Å²) in [5, 5.41) is 14.2. The molecule has 0 aliphatic heterocycles. The summed E-state index contributed by atoms with van der Waals surface area (Å²) in [7, 11) is 0. The van der Waals surface area contributed by atoms with Crippen LogP contribution < -0.4 is 0 Å². The molecule has 21 heavy (non-hydrogen) atoms. The van der Waals surface area contributed by atoms with Crippen LogP contribution in [0.2, 0.25) is 0 Å². The van der Waals surface area contributed by atoms with Gasteiger partial charge in [-0.2, -0.15) is 4.98 Å². The summed E-state index contributed by atoms with van der Waals surface area (Å²) in [5.74, 6) is 1.53. The maximum absolute atomic E-state index is 10.2. The number of nitrogens with zero attached hydrogens (tertiary/aromatic N) is 2. The second-order valence-corrected chi connectivity index (χ2v) is 5.88. The fourth-order valence-electron chi connectivity index (χ4n) is 3.03. The van der Waals surface area contributed by atoms with E-state index in [4.69, 9.17) is 4.52 Å². The van der Waals surface area contributed by atoms with E-state index in [-0.39, 0.29) is 6.10 Å². The van der Waals surface area contributed by atoms with Crippen LogP contribution in [0.4, 0.5) is 0 Å². The van der Waals surface area contributed by atoms with E-state index in [9.17, 15) is 5.11 Å². The van der Waals surface area contributed by atoms with Crippen LogP contribution in [0, 0.1) is 5.92 Å². The molecular formula is C17H22N2O2.